The van der Waals surface area contributed by atoms with Crippen molar-refractivity contribution in [3.63, 3.8) is 0 Å². The van der Waals surface area contributed by atoms with E-state index in [9.17, 15) is 9.59 Å². The SMILES string of the molecule is CCCNC(=O)C1CCCN(c2nc3ccccc3n(C)c2=O)C1. The summed E-state index contributed by atoms with van der Waals surface area (Å²) in [5.41, 5.74) is 1.51. The summed E-state index contributed by atoms with van der Waals surface area (Å²) in [6.45, 7) is 4.05. The van der Waals surface area contributed by atoms with Crippen molar-refractivity contribution in [3.05, 3.63) is 34.6 Å². The van der Waals surface area contributed by atoms with E-state index in [-0.39, 0.29) is 17.4 Å². The molecule has 24 heavy (non-hydrogen) atoms. The average Bonchev–Trinajstić information content (AvgIpc) is 2.62. The van der Waals surface area contributed by atoms with Crippen LogP contribution in [0, 0.1) is 5.92 Å². The topological polar surface area (TPSA) is 67.2 Å². The van der Waals surface area contributed by atoms with Crippen LogP contribution in [0.2, 0.25) is 0 Å². The average molecular weight is 328 g/mol. The number of hydrogen-bond acceptors (Lipinski definition) is 4. The summed E-state index contributed by atoms with van der Waals surface area (Å²) in [5, 5.41) is 2.96. The summed E-state index contributed by atoms with van der Waals surface area (Å²) in [6.07, 6.45) is 2.68. The molecule has 1 aromatic carbocycles. The zero-order chi connectivity index (χ0) is 17.1. The van der Waals surface area contributed by atoms with Crippen molar-refractivity contribution >= 4 is 22.8 Å². The monoisotopic (exact) mass is 328 g/mol. The van der Waals surface area contributed by atoms with E-state index in [0.717, 1.165) is 36.8 Å². The largest absolute Gasteiger partial charge is 0.356 e. The van der Waals surface area contributed by atoms with Crippen molar-refractivity contribution in [3.8, 4) is 0 Å². The van der Waals surface area contributed by atoms with E-state index in [0.29, 0.717) is 18.9 Å². The lowest BCUT2D eigenvalue weighted by Crippen LogP contribution is -2.45. The molecule has 6 nitrogen and oxygen atoms in total. The number of carbonyl (C=O) groups excluding carboxylic acids is 1. The van der Waals surface area contributed by atoms with E-state index < -0.39 is 0 Å². The van der Waals surface area contributed by atoms with Gasteiger partial charge in [0.1, 0.15) is 0 Å². The molecule has 1 amide bonds. The maximum Gasteiger partial charge on any atom is 0.293 e. The van der Waals surface area contributed by atoms with Crippen LogP contribution in [0.4, 0.5) is 5.82 Å². The number of rotatable bonds is 4. The number of amides is 1. The quantitative estimate of drug-likeness (QED) is 0.927. The van der Waals surface area contributed by atoms with Gasteiger partial charge in [0, 0.05) is 26.7 Å². The van der Waals surface area contributed by atoms with Crippen LogP contribution in [0.5, 0.6) is 0 Å². The van der Waals surface area contributed by atoms with Gasteiger partial charge >= 0.3 is 0 Å². The molecule has 1 atom stereocenters. The van der Waals surface area contributed by atoms with Crippen LogP contribution in [0.15, 0.2) is 29.1 Å². The standard InChI is InChI=1S/C18H24N4O2/c1-3-10-19-17(23)13-7-6-11-22(12-13)16-18(24)21(2)15-9-5-4-8-14(15)20-16/h4-5,8-9,13H,3,6-7,10-12H2,1-2H3,(H,19,23). The van der Waals surface area contributed by atoms with Gasteiger partial charge in [-0.1, -0.05) is 19.1 Å². The Labute approximate surface area is 141 Å². The maximum atomic E-state index is 12.7. The molecule has 0 aliphatic carbocycles. The predicted octanol–water partition coefficient (Wildman–Crippen LogP) is 1.68. The third-order valence-electron chi connectivity index (χ3n) is 4.61. The molecule has 2 heterocycles. The highest BCUT2D eigenvalue weighted by Crippen LogP contribution is 2.21. The first kappa shape index (κ1) is 16.5. The molecule has 6 heteroatoms. The Morgan fingerprint density at radius 3 is 2.96 bits per heavy atom. The van der Waals surface area contributed by atoms with Crippen molar-refractivity contribution in [2.75, 3.05) is 24.5 Å². The molecule has 1 aliphatic rings. The summed E-state index contributed by atoms with van der Waals surface area (Å²) in [6, 6.07) is 7.62. The highest BCUT2D eigenvalue weighted by atomic mass is 16.2. The normalized spacial score (nSPS) is 17.9. The van der Waals surface area contributed by atoms with Gasteiger partial charge in [-0.05, 0) is 31.4 Å². The number of aromatic nitrogens is 2. The number of para-hydroxylation sites is 2. The second-order valence-electron chi connectivity index (χ2n) is 6.36. The fourth-order valence-corrected chi connectivity index (χ4v) is 3.25. The first-order valence-electron chi connectivity index (χ1n) is 8.60. The molecule has 2 aromatic rings. The van der Waals surface area contributed by atoms with Crippen molar-refractivity contribution in [2.24, 2.45) is 13.0 Å². The van der Waals surface area contributed by atoms with Crippen LogP contribution in [-0.2, 0) is 11.8 Å². The van der Waals surface area contributed by atoms with Gasteiger partial charge in [0.25, 0.3) is 5.56 Å². The zero-order valence-corrected chi connectivity index (χ0v) is 14.3. The number of benzene rings is 1. The van der Waals surface area contributed by atoms with E-state index >= 15 is 0 Å². The van der Waals surface area contributed by atoms with Gasteiger partial charge < -0.3 is 14.8 Å². The first-order chi connectivity index (χ1) is 11.6. The van der Waals surface area contributed by atoms with Crippen molar-refractivity contribution in [2.45, 2.75) is 26.2 Å². The molecule has 0 bridgehead atoms. The Bertz CT molecular complexity index is 799. The van der Waals surface area contributed by atoms with Gasteiger partial charge in [-0.3, -0.25) is 9.59 Å². The zero-order valence-electron chi connectivity index (χ0n) is 14.3. The van der Waals surface area contributed by atoms with Crippen LogP contribution in [0.3, 0.4) is 0 Å². The van der Waals surface area contributed by atoms with Crippen molar-refractivity contribution in [1.82, 2.24) is 14.9 Å². The Hall–Kier alpha value is -2.37. The molecule has 128 valence electrons. The highest BCUT2D eigenvalue weighted by molar-refractivity contribution is 5.80. The minimum absolute atomic E-state index is 0.0803. The van der Waals surface area contributed by atoms with Gasteiger partial charge in [-0.15, -0.1) is 0 Å². The van der Waals surface area contributed by atoms with Gasteiger partial charge in [0.15, 0.2) is 5.82 Å². The Morgan fingerprint density at radius 1 is 1.38 bits per heavy atom. The lowest BCUT2D eigenvalue weighted by Gasteiger charge is -2.32. The molecule has 1 unspecified atom stereocenters. The number of carbonyl (C=O) groups is 1. The third kappa shape index (κ3) is 3.13. The summed E-state index contributed by atoms with van der Waals surface area (Å²) in [4.78, 5) is 31.5. The lowest BCUT2D eigenvalue weighted by atomic mass is 9.97. The molecule has 1 fully saturated rings. The Balaban J connectivity index is 1.88. The number of piperidine rings is 1. The second-order valence-corrected chi connectivity index (χ2v) is 6.36. The van der Waals surface area contributed by atoms with Gasteiger partial charge in [0.05, 0.1) is 17.0 Å². The highest BCUT2D eigenvalue weighted by Gasteiger charge is 2.28. The molecule has 0 saturated carbocycles. The number of fused-ring (bicyclic) bond motifs is 1. The number of nitrogens with zero attached hydrogens (tertiary/aromatic N) is 3. The van der Waals surface area contributed by atoms with Crippen LogP contribution >= 0.6 is 0 Å². The Morgan fingerprint density at radius 2 is 2.17 bits per heavy atom. The maximum absolute atomic E-state index is 12.7. The molecule has 3 rings (SSSR count). The summed E-state index contributed by atoms with van der Waals surface area (Å²) in [7, 11) is 1.77. The number of aryl methyl sites for hydroxylation is 1. The number of nitrogens with one attached hydrogen (secondary N) is 1. The summed E-state index contributed by atoms with van der Waals surface area (Å²) in [5.74, 6) is 0.451. The summed E-state index contributed by atoms with van der Waals surface area (Å²) >= 11 is 0. The second kappa shape index (κ2) is 7.03. The molecule has 1 saturated heterocycles. The van der Waals surface area contributed by atoms with Gasteiger partial charge in [-0.2, -0.15) is 0 Å². The fourth-order valence-electron chi connectivity index (χ4n) is 3.25. The van der Waals surface area contributed by atoms with E-state index in [1.807, 2.05) is 36.1 Å². The van der Waals surface area contributed by atoms with Gasteiger partial charge in [-0.25, -0.2) is 4.98 Å². The van der Waals surface area contributed by atoms with Crippen LogP contribution in [0.1, 0.15) is 26.2 Å². The number of hydrogen-bond donors (Lipinski definition) is 1. The van der Waals surface area contributed by atoms with Crippen LogP contribution in [0.25, 0.3) is 11.0 Å². The van der Waals surface area contributed by atoms with E-state index in [4.69, 9.17) is 0 Å². The molecule has 1 aromatic heterocycles. The van der Waals surface area contributed by atoms with Crippen molar-refractivity contribution in [1.29, 1.82) is 0 Å². The van der Waals surface area contributed by atoms with Gasteiger partial charge in [0.2, 0.25) is 5.91 Å². The molecular formula is C18H24N4O2. The summed E-state index contributed by atoms with van der Waals surface area (Å²) < 4.78 is 1.64. The molecule has 0 spiro atoms. The van der Waals surface area contributed by atoms with Crippen LogP contribution < -0.4 is 15.8 Å². The van der Waals surface area contributed by atoms with E-state index in [2.05, 4.69) is 10.3 Å². The molecule has 0 radical (unpaired) electrons. The predicted molar refractivity (Wildman–Crippen MR) is 95.2 cm³/mol. The lowest BCUT2D eigenvalue weighted by molar-refractivity contribution is -0.125. The molecule has 1 N–H and O–H groups in total. The van der Waals surface area contributed by atoms with E-state index in [1.165, 1.54) is 0 Å². The first-order valence-corrected chi connectivity index (χ1v) is 8.60. The Kier molecular flexibility index (Phi) is 4.83. The van der Waals surface area contributed by atoms with Crippen LogP contribution in [-0.4, -0.2) is 35.1 Å². The number of anilines is 1. The third-order valence-corrected chi connectivity index (χ3v) is 4.61. The smallest absolute Gasteiger partial charge is 0.293 e. The minimum Gasteiger partial charge on any atom is -0.356 e. The minimum atomic E-state index is -0.108. The molecular weight excluding hydrogens is 304 g/mol. The molecule has 1 aliphatic heterocycles. The fraction of sp³-hybridized carbons (Fsp3) is 0.500. The van der Waals surface area contributed by atoms with E-state index in [1.54, 1.807) is 11.6 Å². The van der Waals surface area contributed by atoms with Crippen molar-refractivity contribution < 1.29 is 4.79 Å².